The van der Waals surface area contributed by atoms with Crippen molar-refractivity contribution in [2.75, 3.05) is 20.1 Å². The van der Waals surface area contributed by atoms with E-state index < -0.39 is 6.10 Å². The summed E-state index contributed by atoms with van der Waals surface area (Å²) in [6.07, 6.45) is 0.999. The molecule has 0 bridgehead atoms. The second-order valence-corrected chi connectivity index (χ2v) is 5.10. The van der Waals surface area contributed by atoms with Crippen LogP contribution in [0.5, 0.6) is 0 Å². The van der Waals surface area contributed by atoms with Crippen molar-refractivity contribution < 1.29 is 9.50 Å². The highest BCUT2D eigenvalue weighted by Gasteiger charge is 2.13. The number of aliphatic hydroxyl groups excluding tert-OH is 1. The fourth-order valence-corrected chi connectivity index (χ4v) is 2.00. The number of hydrogen-bond acceptors (Lipinski definition) is 2. The first-order valence-electron chi connectivity index (χ1n) is 6.65. The molecule has 0 saturated heterocycles. The lowest BCUT2D eigenvalue weighted by atomic mass is 10.1. The molecule has 0 aliphatic heterocycles. The fraction of sp³-hybridized carbons (Fsp3) is 0.600. The normalized spacial score (nSPS) is 14.8. The Morgan fingerprint density at radius 1 is 1.33 bits per heavy atom. The summed E-state index contributed by atoms with van der Waals surface area (Å²) in [5.41, 5.74) is 0.398. The molecular formula is C15H24FNO. The van der Waals surface area contributed by atoms with Gasteiger partial charge < -0.3 is 10.0 Å². The lowest BCUT2D eigenvalue weighted by Gasteiger charge is -2.22. The van der Waals surface area contributed by atoms with E-state index in [9.17, 15) is 9.50 Å². The van der Waals surface area contributed by atoms with Gasteiger partial charge in [0.15, 0.2) is 0 Å². The molecule has 1 N–H and O–H groups in total. The van der Waals surface area contributed by atoms with E-state index >= 15 is 0 Å². The fourth-order valence-electron chi connectivity index (χ4n) is 2.00. The summed E-state index contributed by atoms with van der Waals surface area (Å²) in [5, 5.41) is 9.97. The molecule has 0 spiro atoms. The van der Waals surface area contributed by atoms with Crippen molar-refractivity contribution in [1.29, 1.82) is 0 Å². The highest BCUT2D eigenvalue weighted by atomic mass is 19.1. The minimum absolute atomic E-state index is 0.324. The smallest absolute Gasteiger partial charge is 0.128 e. The van der Waals surface area contributed by atoms with Crippen LogP contribution in [0.3, 0.4) is 0 Å². The van der Waals surface area contributed by atoms with Crippen LogP contribution in [0, 0.1) is 11.7 Å². The largest absolute Gasteiger partial charge is 0.388 e. The Labute approximate surface area is 109 Å². The summed E-state index contributed by atoms with van der Waals surface area (Å²) in [4.78, 5) is 2.19. The van der Waals surface area contributed by atoms with Crippen LogP contribution in [0.25, 0.3) is 0 Å². The SMILES string of the molecule is CCC(C)CN(C)CCC(O)c1ccccc1F. The Kier molecular flexibility index (Phi) is 6.30. The molecule has 0 heterocycles. The van der Waals surface area contributed by atoms with Gasteiger partial charge in [-0.1, -0.05) is 38.5 Å². The predicted molar refractivity (Wildman–Crippen MR) is 72.9 cm³/mol. The molecule has 0 aliphatic carbocycles. The van der Waals surface area contributed by atoms with Gasteiger partial charge in [0, 0.05) is 18.7 Å². The molecular weight excluding hydrogens is 229 g/mol. The molecule has 0 aliphatic rings. The molecule has 0 aromatic heterocycles. The molecule has 0 amide bonds. The summed E-state index contributed by atoms with van der Waals surface area (Å²) >= 11 is 0. The Morgan fingerprint density at radius 2 is 2.00 bits per heavy atom. The summed E-state index contributed by atoms with van der Waals surface area (Å²) in [5.74, 6) is 0.329. The minimum Gasteiger partial charge on any atom is -0.388 e. The molecule has 3 heteroatoms. The highest BCUT2D eigenvalue weighted by molar-refractivity contribution is 5.19. The van der Waals surface area contributed by atoms with Crippen LogP contribution >= 0.6 is 0 Å². The number of rotatable bonds is 7. The lowest BCUT2D eigenvalue weighted by molar-refractivity contribution is 0.141. The molecule has 2 nitrogen and oxygen atoms in total. The lowest BCUT2D eigenvalue weighted by Crippen LogP contribution is -2.26. The number of halogens is 1. The van der Waals surface area contributed by atoms with Gasteiger partial charge in [0.25, 0.3) is 0 Å². The highest BCUT2D eigenvalue weighted by Crippen LogP contribution is 2.20. The zero-order valence-corrected chi connectivity index (χ0v) is 11.6. The molecule has 2 unspecified atom stereocenters. The van der Waals surface area contributed by atoms with Crippen LogP contribution in [-0.4, -0.2) is 30.1 Å². The molecule has 1 aromatic rings. The average molecular weight is 253 g/mol. The van der Waals surface area contributed by atoms with E-state index in [0.29, 0.717) is 17.9 Å². The Balaban J connectivity index is 2.42. The molecule has 0 fully saturated rings. The molecule has 1 rings (SSSR count). The summed E-state index contributed by atoms with van der Waals surface area (Å²) in [6.45, 7) is 6.18. The van der Waals surface area contributed by atoms with Crippen molar-refractivity contribution in [3.05, 3.63) is 35.6 Å². The van der Waals surface area contributed by atoms with Crippen LogP contribution in [-0.2, 0) is 0 Å². The van der Waals surface area contributed by atoms with Crippen molar-refractivity contribution in [3.8, 4) is 0 Å². The number of hydrogen-bond donors (Lipinski definition) is 1. The molecule has 102 valence electrons. The van der Waals surface area contributed by atoms with Crippen LogP contribution in [0.15, 0.2) is 24.3 Å². The van der Waals surface area contributed by atoms with Gasteiger partial charge in [-0.05, 0) is 25.5 Å². The molecule has 0 radical (unpaired) electrons. The third-order valence-corrected chi connectivity index (χ3v) is 3.37. The molecule has 0 saturated carbocycles. The van der Waals surface area contributed by atoms with E-state index in [1.54, 1.807) is 18.2 Å². The maximum absolute atomic E-state index is 13.5. The third kappa shape index (κ3) is 4.75. The van der Waals surface area contributed by atoms with E-state index in [1.165, 1.54) is 6.07 Å². The van der Waals surface area contributed by atoms with Gasteiger partial charge in [0.1, 0.15) is 5.82 Å². The van der Waals surface area contributed by atoms with E-state index in [4.69, 9.17) is 0 Å². The second-order valence-electron chi connectivity index (χ2n) is 5.10. The predicted octanol–water partition coefficient (Wildman–Crippen LogP) is 3.23. The van der Waals surface area contributed by atoms with Gasteiger partial charge >= 0.3 is 0 Å². The first-order valence-corrected chi connectivity index (χ1v) is 6.65. The quantitative estimate of drug-likeness (QED) is 0.806. The van der Waals surface area contributed by atoms with E-state index in [1.807, 2.05) is 7.05 Å². The van der Waals surface area contributed by atoms with E-state index in [2.05, 4.69) is 18.7 Å². The number of aliphatic hydroxyl groups is 1. The third-order valence-electron chi connectivity index (χ3n) is 3.37. The van der Waals surface area contributed by atoms with Crippen molar-refractivity contribution >= 4 is 0 Å². The van der Waals surface area contributed by atoms with Gasteiger partial charge in [0.05, 0.1) is 6.10 Å². The first kappa shape index (κ1) is 15.1. The van der Waals surface area contributed by atoms with Crippen molar-refractivity contribution in [2.24, 2.45) is 5.92 Å². The van der Waals surface area contributed by atoms with Crippen molar-refractivity contribution in [1.82, 2.24) is 4.90 Å². The van der Waals surface area contributed by atoms with Gasteiger partial charge in [-0.15, -0.1) is 0 Å². The Hall–Kier alpha value is -0.930. The molecule has 18 heavy (non-hydrogen) atoms. The van der Waals surface area contributed by atoms with Crippen LogP contribution in [0.4, 0.5) is 4.39 Å². The van der Waals surface area contributed by atoms with E-state index in [-0.39, 0.29) is 5.82 Å². The topological polar surface area (TPSA) is 23.5 Å². The van der Waals surface area contributed by atoms with Crippen molar-refractivity contribution in [2.45, 2.75) is 32.8 Å². The van der Waals surface area contributed by atoms with E-state index in [0.717, 1.165) is 19.5 Å². The average Bonchev–Trinajstić information content (AvgIpc) is 2.36. The van der Waals surface area contributed by atoms with Crippen LogP contribution < -0.4 is 0 Å². The summed E-state index contributed by atoms with van der Waals surface area (Å²) < 4.78 is 13.5. The van der Waals surface area contributed by atoms with Gasteiger partial charge in [-0.3, -0.25) is 0 Å². The number of benzene rings is 1. The summed E-state index contributed by atoms with van der Waals surface area (Å²) in [6, 6.07) is 6.43. The maximum atomic E-state index is 13.5. The van der Waals surface area contributed by atoms with Crippen molar-refractivity contribution in [3.63, 3.8) is 0 Å². The Bertz CT molecular complexity index is 356. The summed E-state index contributed by atoms with van der Waals surface area (Å²) in [7, 11) is 2.04. The van der Waals surface area contributed by atoms with Gasteiger partial charge in [0.2, 0.25) is 0 Å². The standard InChI is InChI=1S/C15H24FNO/c1-4-12(2)11-17(3)10-9-15(18)13-7-5-6-8-14(13)16/h5-8,12,15,18H,4,9-11H2,1-3H3. The van der Waals surface area contributed by atoms with Gasteiger partial charge in [-0.25, -0.2) is 4.39 Å². The minimum atomic E-state index is -0.717. The van der Waals surface area contributed by atoms with Crippen LogP contribution in [0.1, 0.15) is 38.4 Å². The molecule has 1 aromatic carbocycles. The van der Waals surface area contributed by atoms with Crippen LogP contribution in [0.2, 0.25) is 0 Å². The first-order chi connectivity index (χ1) is 8.54. The molecule has 2 atom stereocenters. The second kappa shape index (κ2) is 7.49. The zero-order chi connectivity index (χ0) is 13.5. The number of nitrogens with zero attached hydrogens (tertiary/aromatic N) is 1. The van der Waals surface area contributed by atoms with Gasteiger partial charge in [-0.2, -0.15) is 0 Å². The maximum Gasteiger partial charge on any atom is 0.128 e. The monoisotopic (exact) mass is 253 g/mol. The Morgan fingerprint density at radius 3 is 2.61 bits per heavy atom. The zero-order valence-electron chi connectivity index (χ0n) is 11.6.